The molecule has 0 aliphatic heterocycles. The molecule has 4 radical (unpaired) electrons. The minimum atomic E-state index is 0.597. The number of nitrogen functional groups attached to an aromatic ring is 1. The number of rotatable bonds is 10. The van der Waals surface area contributed by atoms with E-state index in [0.717, 1.165) is 40.6 Å². The Labute approximate surface area is 200 Å². The van der Waals surface area contributed by atoms with Crippen molar-refractivity contribution in [3.05, 3.63) is 59.3 Å². The Hall–Kier alpha value is -2.16. The van der Waals surface area contributed by atoms with Gasteiger partial charge in [-0.05, 0) is 12.1 Å². The molecule has 2 N–H and O–H groups in total. The van der Waals surface area contributed by atoms with Crippen LogP contribution >= 0.6 is 0 Å². The fourth-order valence-corrected chi connectivity index (χ4v) is 4.41. The summed E-state index contributed by atoms with van der Waals surface area (Å²) in [6.45, 7) is 0.597. The van der Waals surface area contributed by atoms with E-state index in [4.69, 9.17) is 19.9 Å². The van der Waals surface area contributed by atoms with Gasteiger partial charge in [-0.2, -0.15) is 0 Å². The molecule has 8 heteroatoms. The Balaban J connectivity index is 1.66. The number of aryl methyl sites for hydroxylation is 1. The molecule has 6 nitrogen and oxygen atoms in total. The number of hydrogen-bond acceptors (Lipinski definition) is 6. The zero-order valence-electron chi connectivity index (χ0n) is 17.7. The van der Waals surface area contributed by atoms with Crippen LogP contribution in [0.4, 0.5) is 5.69 Å². The van der Waals surface area contributed by atoms with Crippen LogP contribution in [0.15, 0.2) is 42.6 Å². The zero-order chi connectivity index (χ0) is 22.2. The first kappa shape index (κ1) is 23.5. The molecule has 0 saturated heterocycles. The standard InChI is InChI=1S/C23H25As2N3O3/c1-29-19-12-16(11-17-14-27-23(25)28-22(17)24)13-20(21(19)30-2)31-10-4-3-5-15-6-8-18(26)9-7-15/h6-9,12-14H,3-5,10-11,26H2,1-2H3. The number of aromatic nitrogens is 2. The quantitative estimate of drug-likeness (QED) is 0.239. The summed E-state index contributed by atoms with van der Waals surface area (Å²) in [6.07, 6.45) is 5.47. The first-order valence-corrected chi connectivity index (χ1v) is 11.8. The molecule has 0 unspecified atom stereocenters. The third-order valence-electron chi connectivity index (χ3n) is 4.83. The second-order valence-electron chi connectivity index (χ2n) is 7.07. The molecule has 2 aromatic carbocycles. The van der Waals surface area contributed by atoms with E-state index in [2.05, 4.69) is 55.8 Å². The van der Waals surface area contributed by atoms with E-state index in [9.17, 15) is 0 Å². The molecular weight excluding hydrogens is 516 g/mol. The molecule has 0 atom stereocenters. The van der Waals surface area contributed by atoms with Crippen LogP contribution in [0.3, 0.4) is 0 Å². The van der Waals surface area contributed by atoms with Gasteiger partial charge in [0.15, 0.2) is 0 Å². The van der Waals surface area contributed by atoms with Crippen molar-refractivity contribution in [2.75, 3.05) is 26.6 Å². The number of anilines is 1. The fraction of sp³-hybridized carbons (Fsp3) is 0.304. The van der Waals surface area contributed by atoms with Crippen LogP contribution in [0.2, 0.25) is 0 Å². The van der Waals surface area contributed by atoms with Crippen molar-refractivity contribution in [1.82, 2.24) is 9.97 Å². The zero-order valence-corrected chi connectivity index (χ0v) is 21.4. The fourth-order valence-electron chi connectivity index (χ4n) is 3.22. The second kappa shape index (κ2) is 11.5. The third kappa shape index (κ3) is 6.66. The third-order valence-corrected chi connectivity index (χ3v) is 6.09. The first-order chi connectivity index (χ1) is 15.0. The van der Waals surface area contributed by atoms with Crippen molar-refractivity contribution in [2.45, 2.75) is 25.7 Å². The molecule has 0 aliphatic rings. The molecule has 3 aromatic rings. The molecule has 160 valence electrons. The van der Waals surface area contributed by atoms with Gasteiger partial charge in [0, 0.05) is 5.69 Å². The predicted molar refractivity (Wildman–Crippen MR) is 124 cm³/mol. The van der Waals surface area contributed by atoms with E-state index < -0.39 is 0 Å². The van der Waals surface area contributed by atoms with Crippen LogP contribution in [-0.4, -0.2) is 64.5 Å². The Bertz CT molecular complexity index is 1010. The molecule has 0 aliphatic carbocycles. The minimum absolute atomic E-state index is 0.597. The average Bonchev–Trinajstić information content (AvgIpc) is 2.76. The van der Waals surface area contributed by atoms with Crippen LogP contribution in [0, 0.1) is 0 Å². The van der Waals surface area contributed by atoms with E-state index in [1.165, 1.54) is 5.56 Å². The van der Waals surface area contributed by atoms with Crippen molar-refractivity contribution >= 4 is 48.5 Å². The van der Waals surface area contributed by atoms with Gasteiger partial charge in [0.2, 0.25) is 0 Å². The molecule has 0 spiro atoms. The number of benzene rings is 2. The Morgan fingerprint density at radius 1 is 0.935 bits per heavy atom. The van der Waals surface area contributed by atoms with Gasteiger partial charge in [0.1, 0.15) is 0 Å². The summed E-state index contributed by atoms with van der Waals surface area (Å²) in [4.78, 5) is 8.70. The Kier molecular flexibility index (Phi) is 8.68. The molecular formula is C23H25As2N3O3. The monoisotopic (exact) mass is 541 g/mol. The SMILES string of the molecule is COc1cc(Cc2cnc([As])nc2[As])cc(OCCCCc2ccc(N)cc2)c1OC. The molecule has 31 heavy (non-hydrogen) atoms. The van der Waals surface area contributed by atoms with E-state index >= 15 is 0 Å². The van der Waals surface area contributed by atoms with Gasteiger partial charge in [-0.15, -0.1) is 0 Å². The maximum atomic E-state index is 6.09. The Morgan fingerprint density at radius 3 is 2.35 bits per heavy atom. The second-order valence-corrected chi connectivity index (χ2v) is 8.80. The van der Waals surface area contributed by atoms with Crippen LogP contribution in [0.25, 0.3) is 0 Å². The van der Waals surface area contributed by atoms with Crippen LogP contribution in [-0.2, 0) is 12.8 Å². The number of unbranched alkanes of at least 4 members (excludes halogenated alkanes) is 1. The summed E-state index contributed by atoms with van der Waals surface area (Å²) in [5.41, 5.74) is 9.90. The van der Waals surface area contributed by atoms with Crippen molar-refractivity contribution < 1.29 is 14.2 Å². The molecule has 1 aromatic heterocycles. The van der Waals surface area contributed by atoms with Gasteiger partial charge in [-0.25, -0.2) is 0 Å². The normalized spacial score (nSPS) is 10.7. The van der Waals surface area contributed by atoms with Crippen LogP contribution < -0.4 is 29.0 Å². The summed E-state index contributed by atoms with van der Waals surface area (Å²) >= 11 is 4.86. The topological polar surface area (TPSA) is 79.5 Å². The van der Waals surface area contributed by atoms with Crippen molar-refractivity contribution in [3.8, 4) is 17.2 Å². The van der Waals surface area contributed by atoms with E-state index in [-0.39, 0.29) is 0 Å². The molecule has 0 saturated carbocycles. The van der Waals surface area contributed by atoms with E-state index in [1.54, 1.807) is 14.2 Å². The maximum absolute atomic E-state index is 6.09. The van der Waals surface area contributed by atoms with Gasteiger partial charge in [0.05, 0.1) is 0 Å². The molecule has 0 amide bonds. The Morgan fingerprint density at radius 2 is 1.68 bits per heavy atom. The predicted octanol–water partition coefficient (Wildman–Crippen LogP) is 1.66. The van der Waals surface area contributed by atoms with Crippen molar-refractivity contribution in [1.29, 1.82) is 0 Å². The summed E-state index contributed by atoms with van der Waals surface area (Å²) < 4.78 is 18.8. The van der Waals surface area contributed by atoms with Gasteiger partial charge in [-0.3, -0.25) is 0 Å². The summed E-state index contributed by atoms with van der Waals surface area (Å²) in [7, 11) is 3.26. The van der Waals surface area contributed by atoms with Gasteiger partial charge >= 0.3 is 166 Å². The number of ether oxygens (including phenoxy) is 3. The van der Waals surface area contributed by atoms with Gasteiger partial charge in [0.25, 0.3) is 0 Å². The summed E-state index contributed by atoms with van der Waals surface area (Å²) in [5.74, 6) is 1.93. The van der Waals surface area contributed by atoms with Crippen LogP contribution in [0.1, 0.15) is 29.5 Å². The number of hydrogen-bond donors (Lipinski definition) is 1. The molecule has 3 rings (SSSR count). The molecule has 1 heterocycles. The van der Waals surface area contributed by atoms with Crippen LogP contribution in [0.5, 0.6) is 17.2 Å². The number of nitrogens with two attached hydrogens (primary N) is 1. The van der Waals surface area contributed by atoms with Crippen molar-refractivity contribution in [2.24, 2.45) is 0 Å². The van der Waals surface area contributed by atoms with E-state index in [1.807, 2.05) is 30.5 Å². The molecule has 0 bridgehead atoms. The average molecular weight is 541 g/mol. The number of nitrogens with zero attached hydrogens (tertiary/aromatic N) is 2. The van der Waals surface area contributed by atoms with Gasteiger partial charge < -0.3 is 5.73 Å². The van der Waals surface area contributed by atoms with E-state index in [0.29, 0.717) is 34.9 Å². The van der Waals surface area contributed by atoms with Gasteiger partial charge in [-0.1, -0.05) is 12.1 Å². The van der Waals surface area contributed by atoms with Crippen molar-refractivity contribution in [3.63, 3.8) is 0 Å². The number of methoxy groups -OCH3 is 2. The first-order valence-electron chi connectivity index (χ1n) is 9.96. The summed E-state index contributed by atoms with van der Waals surface area (Å²) in [6, 6.07) is 12.0. The summed E-state index contributed by atoms with van der Waals surface area (Å²) in [5, 5.41) is 0. The molecule has 0 fully saturated rings.